The predicted molar refractivity (Wildman–Crippen MR) is 79.1 cm³/mol. The first-order valence-corrected chi connectivity index (χ1v) is 7.60. The van der Waals surface area contributed by atoms with E-state index in [-0.39, 0.29) is 17.3 Å². The maximum Gasteiger partial charge on any atom is 0.333 e. The molecule has 0 aromatic rings. The number of aliphatic hydroxyl groups is 1. The molecule has 112 valence electrons. The van der Waals surface area contributed by atoms with E-state index in [1.54, 1.807) is 6.92 Å². The highest BCUT2D eigenvalue weighted by molar-refractivity contribution is 5.88. The molecule has 0 aromatic carbocycles. The highest BCUT2D eigenvalue weighted by atomic mass is 16.5. The molecule has 2 fully saturated rings. The summed E-state index contributed by atoms with van der Waals surface area (Å²) < 4.78 is 5.02. The van der Waals surface area contributed by atoms with Gasteiger partial charge in [-0.3, -0.25) is 0 Å². The molecule has 2 saturated carbocycles. The van der Waals surface area contributed by atoms with Crippen LogP contribution in [0.15, 0.2) is 24.3 Å². The summed E-state index contributed by atoms with van der Waals surface area (Å²) in [5.74, 6) is -0.181. The molecule has 0 spiro atoms. The molecule has 1 N–H and O–H groups in total. The van der Waals surface area contributed by atoms with Crippen LogP contribution in [0.25, 0.3) is 0 Å². The van der Waals surface area contributed by atoms with E-state index in [1.165, 1.54) is 5.57 Å². The van der Waals surface area contributed by atoms with Crippen LogP contribution in [0.3, 0.4) is 0 Å². The Hall–Kier alpha value is -1.09. The Labute approximate surface area is 121 Å². The third-order valence-electron chi connectivity index (χ3n) is 5.19. The number of fused-ring (bicyclic) bond motifs is 1. The van der Waals surface area contributed by atoms with Crippen molar-refractivity contribution in [3.05, 3.63) is 24.3 Å². The quantitative estimate of drug-likeness (QED) is 0.490. The number of hydrogen-bond acceptors (Lipinski definition) is 3. The Morgan fingerprint density at radius 1 is 1.55 bits per heavy atom. The molecule has 0 bridgehead atoms. The lowest BCUT2D eigenvalue weighted by molar-refractivity contribution is -0.140. The first-order chi connectivity index (χ1) is 9.39. The van der Waals surface area contributed by atoms with E-state index >= 15 is 0 Å². The molecule has 0 aliphatic heterocycles. The van der Waals surface area contributed by atoms with Gasteiger partial charge in [-0.25, -0.2) is 4.79 Å². The third kappa shape index (κ3) is 2.69. The van der Waals surface area contributed by atoms with Gasteiger partial charge in [0.1, 0.15) is 0 Å². The zero-order chi connectivity index (χ0) is 14.9. The van der Waals surface area contributed by atoms with E-state index in [0.717, 1.165) is 32.1 Å². The Balaban J connectivity index is 2.15. The predicted octanol–water partition coefficient (Wildman–Crippen LogP) is 3.24. The van der Waals surface area contributed by atoms with Crippen molar-refractivity contribution in [3.63, 3.8) is 0 Å². The van der Waals surface area contributed by atoms with Crippen LogP contribution >= 0.6 is 0 Å². The van der Waals surface area contributed by atoms with Crippen LogP contribution in [0.1, 0.15) is 46.0 Å². The second-order valence-electron chi connectivity index (χ2n) is 6.58. The number of rotatable bonds is 3. The number of esters is 1. The fourth-order valence-electron chi connectivity index (χ4n) is 4.04. The zero-order valence-electron chi connectivity index (χ0n) is 12.7. The van der Waals surface area contributed by atoms with Crippen molar-refractivity contribution in [2.75, 3.05) is 6.61 Å². The molecule has 3 nitrogen and oxygen atoms in total. The van der Waals surface area contributed by atoms with Crippen LogP contribution in [-0.4, -0.2) is 23.8 Å². The van der Waals surface area contributed by atoms with Crippen LogP contribution < -0.4 is 0 Å². The van der Waals surface area contributed by atoms with Gasteiger partial charge in [0.2, 0.25) is 0 Å². The molecule has 2 aliphatic rings. The van der Waals surface area contributed by atoms with Crippen molar-refractivity contribution in [2.24, 2.45) is 17.3 Å². The molecular weight excluding hydrogens is 252 g/mol. The van der Waals surface area contributed by atoms with Crippen LogP contribution in [0, 0.1) is 17.3 Å². The average Bonchev–Trinajstić information content (AvgIpc) is 2.37. The van der Waals surface area contributed by atoms with E-state index in [1.807, 2.05) is 0 Å². The standard InChI is InChI=1S/C17H26O3/c1-5-20-16(19)12(3)13-9-14-11(2)7-6-8-17(14,4)10-15(13)18/h13-15,18H,2-3,5-10H2,1,4H3/t13-,14+,15-,17-/m1/s1. The van der Waals surface area contributed by atoms with E-state index in [4.69, 9.17) is 4.74 Å². The van der Waals surface area contributed by atoms with Gasteiger partial charge in [0.15, 0.2) is 0 Å². The minimum Gasteiger partial charge on any atom is -0.463 e. The third-order valence-corrected chi connectivity index (χ3v) is 5.19. The topological polar surface area (TPSA) is 46.5 Å². The van der Waals surface area contributed by atoms with Crippen molar-refractivity contribution >= 4 is 5.97 Å². The van der Waals surface area contributed by atoms with Crippen molar-refractivity contribution < 1.29 is 14.6 Å². The first-order valence-electron chi connectivity index (χ1n) is 7.60. The highest BCUT2D eigenvalue weighted by Gasteiger charge is 2.47. The van der Waals surface area contributed by atoms with Gasteiger partial charge in [0.25, 0.3) is 0 Å². The number of hydrogen-bond donors (Lipinski definition) is 1. The van der Waals surface area contributed by atoms with Crippen LogP contribution in [0.2, 0.25) is 0 Å². The first kappa shape index (κ1) is 15.3. The lowest BCUT2D eigenvalue weighted by atomic mass is 9.55. The minimum atomic E-state index is -0.501. The van der Waals surface area contributed by atoms with E-state index in [2.05, 4.69) is 20.1 Å². The second kappa shape index (κ2) is 5.72. The summed E-state index contributed by atoms with van der Waals surface area (Å²) in [5, 5.41) is 10.4. The van der Waals surface area contributed by atoms with E-state index in [0.29, 0.717) is 18.1 Å². The maximum absolute atomic E-state index is 11.9. The molecule has 20 heavy (non-hydrogen) atoms. The Kier molecular flexibility index (Phi) is 4.38. The van der Waals surface area contributed by atoms with Gasteiger partial charge in [-0.1, -0.05) is 25.7 Å². The smallest absolute Gasteiger partial charge is 0.333 e. The fraction of sp³-hybridized carbons (Fsp3) is 0.706. The Bertz CT molecular complexity index is 426. The molecule has 3 heteroatoms. The Morgan fingerprint density at radius 2 is 2.25 bits per heavy atom. The summed E-state index contributed by atoms with van der Waals surface area (Å²) >= 11 is 0. The van der Waals surface area contributed by atoms with Gasteiger partial charge >= 0.3 is 5.97 Å². The second-order valence-corrected chi connectivity index (χ2v) is 6.58. The summed E-state index contributed by atoms with van der Waals surface area (Å²) in [7, 11) is 0. The molecule has 4 atom stereocenters. The summed E-state index contributed by atoms with van der Waals surface area (Å²) in [6, 6.07) is 0. The molecule has 0 aromatic heterocycles. The SMILES string of the molecule is C=C(C(=O)OCC)[C@H]1C[C@H]2C(=C)CCC[C@]2(C)C[C@H]1O. The number of carbonyl (C=O) groups is 1. The van der Waals surface area contributed by atoms with Gasteiger partial charge in [0.05, 0.1) is 12.7 Å². The molecule has 2 aliphatic carbocycles. The summed E-state index contributed by atoms with van der Waals surface area (Å²) in [6.45, 7) is 12.5. The molecule has 2 rings (SSSR count). The van der Waals surface area contributed by atoms with E-state index in [9.17, 15) is 9.90 Å². The van der Waals surface area contributed by atoms with Gasteiger partial charge in [-0.05, 0) is 50.4 Å². The average molecular weight is 278 g/mol. The molecule has 0 heterocycles. The van der Waals surface area contributed by atoms with Crippen LogP contribution in [0.4, 0.5) is 0 Å². The summed E-state index contributed by atoms with van der Waals surface area (Å²) in [4.78, 5) is 11.9. The molecular formula is C17H26O3. The number of ether oxygens (including phenoxy) is 1. The summed E-state index contributed by atoms with van der Waals surface area (Å²) in [5.41, 5.74) is 1.81. The monoisotopic (exact) mass is 278 g/mol. The number of allylic oxidation sites excluding steroid dienone is 1. The zero-order valence-corrected chi connectivity index (χ0v) is 12.7. The maximum atomic E-state index is 11.9. The number of aliphatic hydroxyl groups excluding tert-OH is 1. The van der Waals surface area contributed by atoms with Crippen molar-refractivity contribution in [1.82, 2.24) is 0 Å². The number of carbonyl (C=O) groups excluding carboxylic acids is 1. The molecule has 0 saturated heterocycles. The van der Waals surface area contributed by atoms with Crippen molar-refractivity contribution in [1.29, 1.82) is 0 Å². The highest BCUT2D eigenvalue weighted by Crippen LogP contribution is 2.54. The van der Waals surface area contributed by atoms with Crippen LogP contribution in [-0.2, 0) is 9.53 Å². The fourth-order valence-corrected chi connectivity index (χ4v) is 4.04. The molecule has 0 unspecified atom stereocenters. The van der Waals surface area contributed by atoms with Gasteiger partial charge in [-0.15, -0.1) is 0 Å². The minimum absolute atomic E-state index is 0.125. The Morgan fingerprint density at radius 3 is 2.90 bits per heavy atom. The lowest BCUT2D eigenvalue weighted by Crippen LogP contribution is -2.45. The van der Waals surface area contributed by atoms with Crippen molar-refractivity contribution in [3.8, 4) is 0 Å². The van der Waals surface area contributed by atoms with Gasteiger partial charge in [-0.2, -0.15) is 0 Å². The van der Waals surface area contributed by atoms with Crippen molar-refractivity contribution in [2.45, 2.75) is 52.1 Å². The van der Waals surface area contributed by atoms with Gasteiger partial charge in [0, 0.05) is 11.5 Å². The van der Waals surface area contributed by atoms with Crippen LogP contribution in [0.5, 0.6) is 0 Å². The molecule has 0 amide bonds. The van der Waals surface area contributed by atoms with E-state index < -0.39 is 6.10 Å². The lowest BCUT2D eigenvalue weighted by Gasteiger charge is -2.50. The largest absolute Gasteiger partial charge is 0.463 e. The normalized spacial score (nSPS) is 37.1. The molecule has 0 radical (unpaired) electrons. The van der Waals surface area contributed by atoms with Gasteiger partial charge < -0.3 is 9.84 Å². The summed E-state index contributed by atoms with van der Waals surface area (Å²) in [6.07, 6.45) is 4.34.